The first-order chi connectivity index (χ1) is 11.5. The van der Waals surface area contributed by atoms with Gasteiger partial charge in [0.25, 0.3) is 5.91 Å². The smallest absolute Gasteiger partial charge is 0.251 e. The molecular formula is C19H19NO2S2. The number of benzene rings is 1. The summed E-state index contributed by atoms with van der Waals surface area (Å²) in [5, 5.41) is 17.2. The van der Waals surface area contributed by atoms with Crippen molar-refractivity contribution in [2.75, 3.05) is 0 Å². The van der Waals surface area contributed by atoms with E-state index in [1.165, 1.54) is 11.3 Å². The highest BCUT2D eigenvalue weighted by Crippen LogP contribution is 2.29. The molecule has 0 bridgehead atoms. The fourth-order valence-corrected chi connectivity index (χ4v) is 4.25. The molecule has 1 aromatic carbocycles. The van der Waals surface area contributed by atoms with Crippen LogP contribution >= 0.6 is 22.7 Å². The lowest BCUT2D eigenvalue weighted by atomic mass is 10.1. The minimum Gasteiger partial charge on any atom is -0.383 e. The average Bonchev–Trinajstić information content (AvgIpc) is 3.22. The average molecular weight is 358 g/mol. The molecule has 2 N–H and O–H groups in total. The van der Waals surface area contributed by atoms with Crippen LogP contribution in [0.5, 0.6) is 0 Å². The Morgan fingerprint density at radius 1 is 1.17 bits per heavy atom. The maximum atomic E-state index is 12.3. The maximum absolute atomic E-state index is 12.3. The largest absolute Gasteiger partial charge is 0.383 e. The molecule has 0 aliphatic carbocycles. The Hall–Kier alpha value is -1.95. The Labute approximate surface area is 149 Å². The summed E-state index contributed by atoms with van der Waals surface area (Å²) in [5.41, 5.74) is 3.75. The third-order valence-corrected chi connectivity index (χ3v) is 5.56. The molecule has 1 amide bonds. The Kier molecular flexibility index (Phi) is 5.14. The fourth-order valence-electron chi connectivity index (χ4n) is 2.61. The second kappa shape index (κ2) is 7.30. The molecule has 0 spiro atoms. The van der Waals surface area contributed by atoms with E-state index in [4.69, 9.17) is 0 Å². The molecule has 3 nitrogen and oxygen atoms in total. The van der Waals surface area contributed by atoms with Crippen molar-refractivity contribution < 1.29 is 9.90 Å². The Morgan fingerprint density at radius 3 is 2.58 bits per heavy atom. The lowest BCUT2D eigenvalue weighted by Crippen LogP contribution is -2.22. The first kappa shape index (κ1) is 16.9. The van der Waals surface area contributed by atoms with Crippen molar-refractivity contribution in [1.29, 1.82) is 0 Å². The molecule has 0 aliphatic rings. The van der Waals surface area contributed by atoms with E-state index in [0.717, 1.165) is 26.4 Å². The zero-order chi connectivity index (χ0) is 17.1. The molecule has 0 saturated carbocycles. The predicted octanol–water partition coefficient (Wildman–Crippen LogP) is 4.44. The van der Waals surface area contributed by atoms with Crippen LogP contribution in [0.15, 0.2) is 47.2 Å². The number of hydrogen-bond acceptors (Lipinski definition) is 4. The van der Waals surface area contributed by atoms with Gasteiger partial charge < -0.3 is 10.4 Å². The number of nitrogens with one attached hydrogen (secondary N) is 1. The molecule has 24 heavy (non-hydrogen) atoms. The highest BCUT2D eigenvalue weighted by atomic mass is 32.1. The molecule has 1 unspecified atom stereocenters. The van der Waals surface area contributed by atoms with Crippen molar-refractivity contribution in [3.8, 4) is 0 Å². The van der Waals surface area contributed by atoms with Crippen LogP contribution in [0.4, 0.5) is 0 Å². The zero-order valence-corrected chi connectivity index (χ0v) is 15.2. The summed E-state index contributed by atoms with van der Waals surface area (Å²) in [4.78, 5) is 14.2. The van der Waals surface area contributed by atoms with Crippen LogP contribution in [0.1, 0.15) is 42.9 Å². The summed E-state index contributed by atoms with van der Waals surface area (Å²) in [6.45, 7) is 4.44. The SMILES string of the molecule is Cc1cc(C)cc(C(=O)NCc2ccc(C(O)c3ccsc3)s2)c1. The van der Waals surface area contributed by atoms with Gasteiger partial charge >= 0.3 is 0 Å². The van der Waals surface area contributed by atoms with E-state index in [2.05, 4.69) is 5.32 Å². The molecule has 0 saturated heterocycles. The van der Waals surface area contributed by atoms with Gasteiger partial charge in [-0.25, -0.2) is 0 Å². The minimum atomic E-state index is -0.592. The number of thiophene rings is 2. The van der Waals surface area contributed by atoms with E-state index in [0.29, 0.717) is 12.1 Å². The van der Waals surface area contributed by atoms with Gasteiger partial charge in [0.15, 0.2) is 0 Å². The molecule has 0 fully saturated rings. The zero-order valence-electron chi connectivity index (χ0n) is 13.6. The summed E-state index contributed by atoms with van der Waals surface area (Å²) in [5.74, 6) is -0.0740. The lowest BCUT2D eigenvalue weighted by molar-refractivity contribution is 0.0951. The quantitative estimate of drug-likeness (QED) is 0.709. The van der Waals surface area contributed by atoms with Crippen molar-refractivity contribution in [3.05, 3.63) is 79.2 Å². The molecule has 1 atom stereocenters. The van der Waals surface area contributed by atoms with Crippen LogP contribution in [0.25, 0.3) is 0 Å². The second-order valence-electron chi connectivity index (χ2n) is 5.82. The van der Waals surface area contributed by atoms with E-state index < -0.39 is 6.10 Å². The molecule has 3 rings (SSSR count). The summed E-state index contributed by atoms with van der Waals surface area (Å²) >= 11 is 3.09. The topological polar surface area (TPSA) is 49.3 Å². The maximum Gasteiger partial charge on any atom is 0.251 e. The Balaban J connectivity index is 1.64. The third kappa shape index (κ3) is 3.93. The van der Waals surface area contributed by atoms with Gasteiger partial charge in [0.2, 0.25) is 0 Å². The summed E-state index contributed by atoms with van der Waals surface area (Å²) < 4.78 is 0. The van der Waals surface area contributed by atoms with Crippen LogP contribution in [0.2, 0.25) is 0 Å². The molecule has 0 aliphatic heterocycles. The lowest BCUT2D eigenvalue weighted by Gasteiger charge is -2.07. The number of aliphatic hydroxyl groups is 1. The summed E-state index contributed by atoms with van der Waals surface area (Å²) in [6, 6.07) is 11.6. The van der Waals surface area contributed by atoms with Crippen molar-refractivity contribution in [1.82, 2.24) is 5.32 Å². The van der Waals surface area contributed by atoms with Crippen molar-refractivity contribution in [2.24, 2.45) is 0 Å². The highest BCUT2D eigenvalue weighted by molar-refractivity contribution is 7.12. The predicted molar refractivity (Wildman–Crippen MR) is 99.8 cm³/mol. The van der Waals surface area contributed by atoms with Crippen molar-refractivity contribution in [3.63, 3.8) is 0 Å². The van der Waals surface area contributed by atoms with Crippen LogP contribution < -0.4 is 5.32 Å². The van der Waals surface area contributed by atoms with Crippen molar-refractivity contribution >= 4 is 28.6 Å². The Bertz CT molecular complexity index is 817. The number of amides is 1. The second-order valence-corrected chi connectivity index (χ2v) is 7.80. The highest BCUT2D eigenvalue weighted by Gasteiger charge is 2.14. The van der Waals surface area contributed by atoms with Crippen LogP contribution in [0, 0.1) is 13.8 Å². The van der Waals surface area contributed by atoms with E-state index in [-0.39, 0.29) is 5.91 Å². The van der Waals surface area contributed by atoms with Gasteiger partial charge in [0, 0.05) is 15.3 Å². The summed E-state index contributed by atoms with van der Waals surface area (Å²) in [6.07, 6.45) is -0.592. The van der Waals surface area contributed by atoms with Gasteiger partial charge in [-0.2, -0.15) is 11.3 Å². The molecule has 2 aromatic heterocycles. The van der Waals surface area contributed by atoms with Crippen LogP contribution in [-0.4, -0.2) is 11.0 Å². The Morgan fingerprint density at radius 2 is 1.92 bits per heavy atom. The molecule has 0 radical (unpaired) electrons. The number of hydrogen-bond donors (Lipinski definition) is 2. The number of rotatable bonds is 5. The number of aliphatic hydroxyl groups excluding tert-OH is 1. The molecule has 2 heterocycles. The van der Waals surface area contributed by atoms with Gasteiger partial charge in [-0.1, -0.05) is 17.2 Å². The fraction of sp³-hybridized carbons (Fsp3) is 0.211. The van der Waals surface area contributed by atoms with Gasteiger partial charge in [0.05, 0.1) is 6.54 Å². The number of carbonyl (C=O) groups is 1. The first-order valence-electron chi connectivity index (χ1n) is 7.68. The number of aryl methyl sites for hydroxylation is 2. The molecule has 5 heteroatoms. The van der Waals surface area contributed by atoms with E-state index in [1.807, 2.05) is 61.0 Å². The van der Waals surface area contributed by atoms with E-state index >= 15 is 0 Å². The summed E-state index contributed by atoms with van der Waals surface area (Å²) in [7, 11) is 0. The van der Waals surface area contributed by atoms with Gasteiger partial charge in [-0.15, -0.1) is 11.3 Å². The third-order valence-electron chi connectivity index (χ3n) is 3.72. The van der Waals surface area contributed by atoms with Gasteiger partial charge in [-0.3, -0.25) is 4.79 Å². The normalized spacial score (nSPS) is 12.1. The van der Waals surface area contributed by atoms with E-state index in [9.17, 15) is 9.90 Å². The first-order valence-corrected chi connectivity index (χ1v) is 9.44. The molecular weight excluding hydrogens is 338 g/mol. The monoisotopic (exact) mass is 357 g/mol. The van der Waals surface area contributed by atoms with E-state index in [1.54, 1.807) is 11.3 Å². The van der Waals surface area contributed by atoms with Crippen LogP contribution in [-0.2, 0) is 6.54 Å². The number of carbonyl (C=O) groups excluding carboxylic acids is 1. The minimum absolute atomic E-state index is 0.0740. The molecule has 3 aromatic rings. The van der Waals surface area contributed by atoms with Crippen LogP contribution in [0.3, 0.4) is 0 Å². The van der Waals surface area contributed by atoms with Gasteiger partial charge in [0.1, 0.15) is 6.10 Å². The van der Waals surface area contributed by atoms with Gasteiger partial charge in [-0.05, 0) is 60.5 Å². The molecule has 124 valence electrons. The van der Waals surface area contributed by atoms with Crippen molar-refractivity contribution in [2.45, 2.75) is 26.5 Å². The standard InChI is InChI=1S/C19H19NO2S2/c1-12-7-13(2)9-15(8-12)19(22)20-10-16-3-4-17(24-16)18(21)14-5-6-23-11-14/h3-9,11,18,21H,10H2,1-2H3,(H,20,22).